The molecule has 1 aliphatic rings. The van der Waals surface area contributed by atoms with E-state index in [-0.39, 0.29) is 35.6 Å². The van der Waals surface area contributed by atoms with Crippen molar-refractivity contribution in [3.8, 4) is 0 Å². The molecule has 0 aromatic rings. The molecular formula is C17H24O5. The van der Waals surface area contributed by atoms with Crippen molar-refractivity contribution in [2.24, 2.45) is 0 Å². The first kappa shape index (κ1) is 18.2. The van der Waals surface area contributed by atoms with Crippen molar-refractivity contribution in [3.05, 3.63) is 35.8 Å². The molecule has 0 amide bonds. The van der Waals surface area contributed by atoms with Crippen molar-refractivity contribution in [1.29, 1.82) is 0 Å². The van der Waals surface area contributed by atoms with E-state index in [4.69, 9.17) is 14.2 Å². The summed E-state index contributed by atoms with van der Waals surface area (Å²) in [6.45, 7) is 5.39. The van der Waals surface area contributed by atoms with Crippen molar-refractivity contribution in [3.63, 3.8) is 0 Å². The molecule has 2 unspecified atom stereocenters. The van der Waals surface area contributed by atoms with Gasteiger partial charge in [-0.15, -0.1) is 0 Å². The summed E-state index contributed by atoms with van der Waals surface area (Å²) in [4.78, 5) is 24.9. The Hall–Kier alpha value is -1.88. The first-order valence-corrected chi connectivity index (χ1v) is 7.32. The lowest BCUT2D eigenvalue weighted by molar-refractivity contribution is -0.128. The van der Waals surface area contributed by atoms with Gasteiger partial charge in [0, 0.05) is 13.5 Å². The van der Waals surface area contributed by atoms with E-state index >= 15 is 0 Å². The van der Waals surface area contributed by atoms with E-state index in [2.05, 4.69) is 0 Å². The highest BCUT2D eigenvalue weighted by molar-refractivity contribution is 6.25. The number of carbonyl (C=O) groups excluding carboxylic acids is 2. The van der Waals surface area contributed by atoms with Crippen LogP contribution in [0.15, 0.2) is 35.8 Å². The Morgan fingerprint density at radius 3 is 2.59 bits per heavy atom. The molecule has 122 valence electrons. The fraction of sp³-hybridized carbons (Fsp3) is 0.529. The first-order valence-electron chi connectivity index (χ1n) is 7.32. The lowest BCUT2D eigenvalue weighted by Crippen LogP contribution is -2.33. The maximum Gasteiger partial charge on any atom is 0.295 e. The Morgan fingerprint density at radius 1 is 1.36 bits per heavy atom. The molecule has 0 aromatic carbocycles. The van der Waals surface area contributed by atoms with Crippen LogP contribution < -0.4 is 0 Å². The molecule has 2 atom stereocenters. The van der Waals surface area contributed by atoms with Crippen LogP contribution in [0.25, 0.3) is 0 Å². The highest BCUT2D eigenvalue weighted by Gasteiger charge is 2.47. The van der Waals surface area contributed by atoms with Crippen molar-refractivity contribution >= 4 is 11.6 Å². The second-order valence-corrected chi connectivity index (χ2v) is 5.27. The van der Waals surface area contributed by atoms with E-state index in [9.17, 15) is 9.59 Å². The Balaban J connectivity index is 2.98. The molecule has 0 fully saturated rings. The molecule has 1 rings (SSSR count). The van der Waals surface area contributed by atoms with Gasteiger partial charge in [0.15, 0.2) is 11.4 Å². The lowest BCUT2D eigenvalue weighted by atomic mass is 9.93. The minimum absolute atomic E-state index is 0.0232. The summed E-state index contributed by atoms with van der Waals surface area (Å²) in [6.07, 6.45) is 7.87. The summed E-state index contributed by atoms with van der Waals surface area (Å²) in [7, 11) is 2.89. The van der Waals surface area contributed by atoms with Gasteiger partial charge >= 0.3 is 0 Å². The smallest absolute Gasteiger partial charge is 0.295 e. The largest absolute Gasteiger partial charge is 0.468 e. The number of carbonyl (C=O) groups is 2. The van der Waals surface area contributed by atoms with E-state index in [1.807, 2.05) is 19.1 Å². The predicted octanol–water partition coefficient (Wildman–Crippen LogP) is 2.72. The predicted molar refractivity (Wildman–Crippen MR) is 83.2 cm³/mol. The Morgan fingerprint density at radius 2 is 2.05 bits per heavy atom. The van der Waals surface area contributed by atoms with E-state index < -0.39 is 5.60 Å². The number of methoxy groups -OCH3 is 2. The summed E-state index contributed by atoms with van der Waals surface area (Å²) in [6, 6.07) is 0. The lowest BCUT2D eigenvalue weighted by Gasteiger charge is -2.18. The zero-order valence-electron chi connectivity index (χ0n) is 13.8. The highest BCUT2D eigenvalue weighted by Crippen LogP contribution is 2.33. The topological polar surface area (TPSA) is 61.8 Å². The van der Waals surface area contributed by atoms with Gasteiger partial charge in [-0.1, -0.05) is 25.2 Å². The van der Waals surface area contributed by atoms with Crippen LogP contribution >= 0.6 is 0 Å². The standard InChI is InChI=1S/C17H24O5/c1-6-7-8-9-10-17(3)15(19)14(16(21-5)22-17)13(18)11-12(2)20-4/h7-10,12H,6,11H2,1-5H3. The van der Waals surface area contributed by atoms with Crippen LogP contribution in [0.3, 0.4) is 0 Å². The minimum atomic E-state index is -1.22. The van der Waals surface area contributed by atoms with Crippen molar-refractivity contribution in [2.75, 3.05) is 14.2 Å². The Bertz CT molecular complexity index is 515. The number of Topliss-reactive ketones (excluding diaryl/α,β-unsaturated/α-hetero) is 2. The molecule has 0 aromatic heterocycles. The van der Waals surface area contributed by atoms with Gasteiger partial charge in [0.05, 0.1) is 13.2 Å². The van der Waals surface area contributed by atoms with Crippen molar-refractivity contribution in [1.82, 2.24) is 0 Å². The van der Waals surface area contributed by atoms with Gasteiger partial charge in [0.25, 0.3) is 5.95 Å². The zero-order valence-corrected chi connectivity index (χ0v) is 13.8. The van der Waals surface area contributed by atoms with Gasteiger partial charge in [0.1, 0.15) is 5.57 Å². The van der Waals surface area contributed by atoms with Gasteiger partial charge in [-0.3, -0.25) is 9.59 Å². The normalized spacial score (nSPS) is 23.4. The molecule has 0 N–H and O–H groups in total. The number of hydrogen-bond donors (Lipinski definition) is 0. The van der Waals surface area contributed by atoms with Gasteiger partial charge in [0.2, 0.25) is 5.78 Å². The van der Waals surface area contributed by atoms with Gasteiger partial charge < -0.3 is 14.2 Å². The summed E-state index contributed by atoms with van der Waals surface area (Å²) in [5.74, 6) is -0.749. The maximum absolute atomic E-state index is 12.6. The van der Waals surface area contributed by atoms with Crippen LogP contribution in [0.5, 0.6) is 0 Å². The van der Waals surface area contributed by atoms with Crippen LogP contribution in [0.4, 0.5) is 0 Å². The minimum Gasteiger partial charge on any atom is -0.468 e. The monoisotopic (exact) mass is 308 g/mol. The Kier molecular flexibility index (Phi) is 6.56. The molecule has 0 aliphatic carbocycles. The fourth-order valence-electron chi connectivity index (χ4n) is 2.03. The SMILES string of the molecule is CCC=CC=CC1(C)OC(OC)=C(C(=O)CC(C)OC)C1=O. The second kappa shape index (κ2) is 7.94. The molecule has 0 bridgehead atoms. The molecule has 0 spiro atoms. The van der Waals surface area contributed by atoms with Crippen LogP contribution in [-0.2, 0) is 23.8 Å². The van der Waals surface area contributed by atoms with Crippen molar-refractivity contribution in [2.45, 2.75) is 45.3 Å². The number of ether oxygens (including phenoxy) is 3. The average molecular weight is 308 g/mol. The third-order valence-electron chi connectivity index (χ3n) is 3.42. The van der Waals surface area contributed by atoms with E-state index in [1.54, 1.807) is 26.0 Å². The summed E-state index contributed by atoms with van der Waals surface area (Å²) in [5, 5.41) is 0. The van der Waals surface area contributed by atoms with E-state index in [0.29, 0.717) is 0 Å². The van der Waals surface area contributed by atoms with Crippen molar-refractivity contribution < 1.29 is 23.8 Å². The van der Waals surface area contributed by atoms with Crippen LogP contribution in [0, 0.1) is 0 Å². The van der Waals surface area contributed by atoms with Crippen LogP contribution in [0.1, 0.15) is 33.6 Å². The van der Waals surface area contributed by atoms with Crippen LogP contribution in [0.2, 0.25) is 0 Å². The maximum atomic E-state index is 12.6. The summed E-state index contributed by atoms with van der Waals surface area (Å²) in [5.41, 5.74) is -1.25. The molecule has 5 heteroatoms. The van der Waals surface area contributed by atoms with Gasteiger partial charge in [-0.05, 0) is 26.3 Å². The summed E-state index contributed by atoms with van der Waals surface area (Å²) < 4.78 is 15.7. The molecule has 0 radical (unpaired) electrons. The molecule has 1 aliphatic heterocycles. The summed E-state index contributed by atoms with van der Waals surface area (Å²) >= 11 is 0. The van der Waals surface area contributed by atoms with Gasteiger partial charge in [-0.2, -0.15) is 0 Å². The average Bonchev–Trinajstić information content (AvgIpc) is 2.75. The molecule has 1 heterocycles. The number of allylic oxidation sites excluding steroid dienone is 3. The quantitative estimate of drug-likeness (QED) is 0.509. The highest BCUT2D eigenvalue weighted by atomic mass is 16.7. The molecule has 5 nitrogen and oxygen atoms in total. The molecule has 0 saturated heterocycles. The second-order valence-electron chi connectivity index (χ2n) is 5.27. The molecule has 22 heavy (non-hydrogen) atoms. The van der Waals surface area contributed by atoms with E-state index in [0.717, 1.165) is 6.42 Å². The third kappa shape index (κ3) is 4.07. The number of rotatable bonds is 8. The van der Waals surface area contributed by atoms with E-state index in [1.165, 1.54) is 14.2 Å². The fourth-order valence-corrected chi connectivity index (χ4v) is 2.03. The third-order valence-corrected chi connectivity index (χ3v) is 3.42. The number of ketones is 2. The van der Waals surface area contributed by atoms with Crippen LogP contribution in [-0.4, -0.2) is 37.5 Å². The first-order chi connectivity index (χ1) is 10.4. The zero-order chi connectivity index (χ0) is 16.8. The number of hydrogen-bond acceptors (Lipinski definition) is 5. The molecule has 0 saturated carbocycles. The van der Waals surface area contributed by atoms with Gasteiger partial charge in [-0.25, -0.2) is 0 Å². The molecular weight excluding hydrogens is 284 g/mol. The Labute approximate surface area is 131 Å².